The van der Waals surface area contributed by atoms with Gasteiger partial charge in [0.05, 0.1) is 23.1 Å². The standard InChI is InChI=1S/C15H17N3O/c1-11-14(15(19)16-9-12-7-8-12)10-17-18(11)13-5-3-2-4-6-13/h2-6,10,12H,7-9H2,1H3,(H,16,19). The van der Waals surface area contributed by atoms with Crippen LogP contribution in [0.3, 0.4) is 0 Å². The van der Waals surface area contributed by atoms with E-state index >= 15 is 0 Å². The summed E-state index contributed by atoms with van der Waals surface area (Å²) >= 11 is 0. The summed E-state index contributed by atoms with van der Waals surface area (Å²) < 4.78 is 1.80. The van der Waals surface area contributed by atoms with Crippen LogP contribution in [0, 0.1) is 12.8 Å². The van der Waals surface area contributed by atoms with Crippen LogP contribution in [0.4, 0.5) is 0 Å². The first-order valence-corrected chi connectivity index (χ1v) is 6.64. The molecule has 1 aromatic heterocycles. The molecule has 0 atom stereocenters. The Morgan fingerprint density at radius 2 is 2.11 bits per heavy atom. The number of amides is 1. The highest BCUT2D eigenvalue weighted by molar-refractivity contribution is 5.95. The van der Waals surface area contributed by atoms with Crippen molar-refractivity contribution in [1.82, 2.24) is 15.1 Å². The summed E-state index contributed by atoms with van der Waals surface area (Å²) in [7, 11) is 0. The Morgan fingerprint density at radius 3 is 2.79 bits per heavy atom. The van der Waals surface area contributed by atoms with Crippen molar-refractivity contribution in [3.8, 4) is 5.69 Å². The van der Waals surface area contributed by atoms with Gasteiger partial charge in [-0.15, -0.1) is 0 Å². The van der Waals surface area contributed by atoms with Gasteiger partial charge in [-0.25, -0.2) is 4.68 Å². The van der Waals surface area contributed by atoms with E-state index in [0.717, 1.165) is 17.9 Å². The van der Waals surface area contributed by atoms with E-state index in [1.165, 1.54) is 12.8 Å². The number of nitrogens with one attached hydrogen (secondary N) is 1. The lowest BCUT2D eigenvalue weighted by atomic mass is 10.2. The lowest BCUT2D eigenvalue weighted by Crippen LogP contribution is -2.25. The van der Waals surface area contributed by atoms with Crippen molar-refractivity contribution in [2.75, 3.05) is 6.54 Å². The maximum atomic E-state index is 12.1. The van der Waals surface area contributed by atoms with Gasteiger partial charge in [0.2, 0.25) is 0 Å². The first kappa shape index (κ1) is 12.0. The number of carbonyl (C=O) groups excluding carboxylic acids is 1. The summed E-state index contributed by atoms with van der Waals surface area (Å²) in [5.41, 5.74) is 2.50. The molecule has 1 saturated carbocycles. The lowest BCUT2D eigenvalue weighted by Gasteiger charge is -2.06. The Bertz CT molecular complexity index is 585. The number of benzene rings is 1. The summed E-state index contributed by atoms with van der Waals surface area (Å²) in [6.07, 6.45) is 4.12. The third-order valence-electron chi connectivity index (χ3n) is 3.50. The molecule has 0 spiro atoms. The molecular formula is C15H17N3O. The van der Waals surface area contributed by atoms with Crippen LogP contribution in [0.1, 0.15) is 28.9 Å². The van der Waals surface area contributed by atoms with Gasteiger partial charge >= 0.3 is 0 Å². The molecular weight excluding hydrogens is 238 g/mol. The molecule has 4 nitrogen and oxygen atoms in total. The SMILES string of the molecule is Cc1c(C(=O)NCC2CC2)cnn1-c1ccccc1. The van der Waals surface area contributed by atoms with Gasteiger partial charge in [-0.2, -0.15) is 5.10 Å². The average Bonchev–Trinajstić information content (AvgIpc) is 3.19. The Labute approximate surface area is 112 Å². The van der Waals surface area contributed by atoms with Crippen LogP contribution in [0.25, 0.3) is 5.69 Å². The Balaban J connectivity index is 1.79. The largest absolute Gasteiger partial charge is 0.352 e. The molecule has 1 aliphatic carbocycles. The van der Waals surface area contributed by atoms with Crippen molar-refractivity contribution in [2.24, 2.45) is 5.92 Å². The molecule has 1 N–H and O–H groups in total. The number of rotatable bonds is 4. The molecule has 0 saturated heterocycles. The molecule has 19 heavy (non-hydrogen) atoms. The maximum Gasteiger partial charge on any atom is 0.254 e. The van der Waals surface area contributed by atoms with E-state index in [-0.39, 0.29) is 5.91 Å². The third kappa shape index (κ3) is 2.52. The van der Waals surface area contributed by atoms with Crippen LogP contribution in [0.15, 0.2) is 36.5 Å². The van der Waals surface area contributed by atoms with E-state index in [1.54, 1.807) is 10.9 Å². The first-order valence-electron chi connectivity index (χ1n) is 6.64. The molecule has 0 aliphatic heterocycles. The van der Waals surface area contributed by atoms with Gasteiger partial charge in [-0.05, 0) is 37.8 Å². The predicted octanol–water partition coefficient (Wildman–Crippen LogP) is 2.32. The highest BCUT2D eigenvalue weighted by atomic mass is 16.1. The molecule has 1 heterocycles. The van der Waals surface area contributed by atoms with E-state index < -0.39 is 0 Å². The Kier molecular flexibility index (Phi) is 3.07. The Hall–Kier alpha value is -2.10. The number of hydrogen-bond acceptors (Lipinski definition) is 2. The monoisotopic (exact) mass is 255 g/mol. The molecule has 1 aliphatic rings. The van der Waals surface area contributed by atoms with Gasteiger partial charge in [-0.1, -0.05) is 18.2 Å². The highest BCUT2D eigenvalue weighted by Gasteiger charge is 2.23. The van der Waals surface area contributed by atoms with Crippen molar-refractivity contribution in [2.45, 2.75) is 19.8 Å². The summed E-state index contributed by atoms with van der Waals surface area (Å²) in [6.45, 7) is 2.71. The molecule has 1 amide bonds. The average molecular weight is 255 g/mol. The first-order chi connectivity index (χ1) is 9.25. The van der Waals surface area contributed by atoms with E-state index in [9.17, 15) is 4.79 Å². The number of aromatic nitrogens is 2. The quantitative estimate of drug-likeness (QED) is 0.911. The fourth-order valence-corrected chi connectivity index (χ4v) is 2.12. The van der Waals surface area contributed by atoms with Crippen LogP contribution in [-0.4, -0.2) is 22.2 Å². The van der Waals surface area contributed by atoms with Crippen LogP contribution in [-0.2, 0) is 0 Å². The van der Waals surface area contributed by atoms with Crippen molar-refractivity contribution in [3.63, 3.8) is 0 Å². The summed E-state index contributed by atoms with van der Waals surface area (Å²) in [6, 6.07) is 9.84. The van der Waals surface area contributed by atoms with Gasteiger partial charge in [-0.3, -0.25) is 4.79 Å². The second kappa shape index (κ2) is 4.88. The molecule has 3 rings (SSSR count). The molecule has 0 bridgehead atoms. The number of nitrogens with zero attached hydrogens (tertiary/aromatic N) is 2. The minimum Gasteiger partial charge on any atom is -0.352 e. The fraction of sp³-hybridized carbons (Fsp3) is 0.333. The smallest absolute Gasteiger partial charge is 0.254 e. The van der Waals surface area contributed by atoms with Crippen molar-refractivity contribution >= 4 is 5.91 Å². The van der Waals surface area contributed by atoms with E-state index in [0.29, 0.717) is 11.5 Å². The van der Waals surface area contributed by atoms with Crippen LogP contribution in [0.5, 0.6) is 0 Å². The molecule has 1 aromatic carbocycles. The second-order valence-electron chi connectivity index (χ2n) is 5.04. The van der Waals surface area contributed by atoms with E-state index in [1.807, 2.05) is 37.3 Å². The van der Waals surface area contributed by atoms with Crippen molar-refractivity contribution < 1.29 is 4.79 Å². The second-order valence-corrected chi connectivity index (χ2v) is 5.04. The zero-order valence-corrected chi connectivity index (χ0v) is 11.0. The fourth-order valence-electron chi connectivity index (χ4n) is 2.12. The number of carbonyl (C=O) groups is 1. The third-order valence-corrected chi connectivity index (χ3v) is 3.50. The van der Waals surface area contributed by atoms with Gasteiger partial charge in [0, 0.05) is 6.54 Å². The molecule has 0 radical (unpaired) electrons. The molecule has 1 fully saturated rings. The van der Waals surface area contributed by atoms with E-state index in [4.69, 9.17) is 0 Å². The molecule has 4 heteroatoms. The van der Waals surface area contributed by atoms with Crippen molar-refractivity contribution in [3.05, 3.63) is 47.8 Å². The number of para-hydroxylation sites is 1. The highest BCUT2D eigenvalue weighted by Crippen LogP contribution is 2.27. The zero-order valence-electron chi connectivity index (χ0n) is 11.0. The van der Waals surface area contributed by atoms with Gasteiger partial charge < -0.3 is 5.32 Å². The van der Waals surface area contributed by atoms with Crippen LogP contribution < -0.4 is 5.32 Å². The Morgan fingerprint density at radius 1 is 1.37 bits per heavy atom. The van der Waals surface area contributed by atoms with E-state index in [2.05, 4.69) is 10.4 Å². The predicted molar refractivity (Wildman–Crippen MR) is 73.4 cm³/mol. The normalized spacial score (nSPS) is 14.4. The molecule has 98 valence electrons. The maximum absolute atomic E-state index is 12.1. The molecule has 0 unspecified atom stereocenters. The summed E-state index contributed by atoms with van der Waals surface area (Å²) in [5.74, 6) is 0.667. The summed E-state index contributed by atoms with van der Waals surface area (Å²) in [4.78, 5) is 12.1. The van der Waals surface area contributed by atoms with Crippen LogP contribution in [0.2, 0.25) is 0 Å². The minimum atomic E-state index is -0.0217. The van der Waals surface area contributed by atoms with Crippen molar-refractivity contribution in [1.29, 1.82) is 0 Å². The van der Waals surface area contributed by atoms with Gasteiger partial charge in [0.25, 0.3) is 5.91 Å². The van der Waals surface area contributed by atoms with Gasteiger partial charge in [0.1, 0.15) is 0 Å². The van der Waals surface area contributed by atoms with Gasteiger partial charge in [0.15, 0.2) is 0 Å². The topological polar surface area (TPSA) is 46.9 Å². The van der Waals surface area contributed by atoms with Crippen LogP contribution >= 0.6 is 0 Å². The molecule has 2 aromatic rings. The zero-order chi connectivity index (χ0) is 13.2. The lowest BCUT2D eigenvalue weighted by molar-refractivity contribution is 0.0951. The minimum absolute atomic E-state index is 0.0217. The summed E-state index contributed by atoms with van der Waals surface area (Å²) in [5, 5.41) is 7.28. The number of hydrogen-bond donors (Lipinski definition) is 1.